The summed E-state index contributed by atoms with van der Waals surface area (Å²) in [5, 5.41) is 3.09. The highest BCUT2D eigenvalue weighted by molar-refractivity contribution is 6.04. The first-order valence-electron chi connectivity index (χ1n) is 10.4. The molecule has 4 nitrogen and oxygen atoms in total. The molecule has 0 bridgehead atoms. The molecule has 2 aromatic carbocycles. The molecule has 1 unspecified atom stereocenters. The van der Waals surface area contributed by atoms with Crippen LogP contribution in [-0.4, -0.2) is 18.4 Å². The SMILES string of the molecule is Cc1cccc(C(C)C)c1N1CC(C(=O)Nc2ccccc2C(C)(C)C)CC1=O. The Morgan fingerprint density at radius 3 is 2.45 bits per heavy atom. The van der Waals surface area contributed by atoms with E-state index in [0.29, 0.717) is 12.5 Å². The molecule has 1 aliphatic heterocycles. The summed E-state index contributed by atoms with van der Waals surface area (Å²) in [4.78, 5) is 27.7. The molecule has 0 saturated carbocycles. The van der Waals surface area contributed by atoms with Gasteiger partial charge in [-0.15, -0.1) is 0 Å². The van der Waals surface area contributed by atoms with Crippen LogP contribution >= 0.6 is 0 Å². The van der Waals surface area contributed by atoms with Crippen molar-refractivity contribution in [3.8, 4) is 0 Å². The van der Waals surface area contributed by atoms with E-state index in [1.165, 1.54) is 0 Å². The molecule has 1 fully saturated rings. The van der Waals surface area contributed by atoms with Gasteiger partial charge in [-0.25, -0.2) is 0 Å². The van der Waals surface area contributed by atoms with Crippen LogP contribution in [0, 0.1) is 12.8 Å². The Kier molecular flexibility index (Phi) is 5.83. The van der Waals surface area contributed by atoms with Gasteiger partial charge in [0.2, 0.25) is 11.8 Å². The van der Waals surface area contributed by atoms with Gasteiger partial charge in [-0.2, -0.15) is 0 Å². The molecule has 1 N–H and O–H groups in total. The lowest BCUT2D eigenvalue weighted by molar-refractivity contribution is -0.122. The molecule has 0 aromatic heterocycles. The summed E-state index contributed by atoms with van der Waals surface area (Å²) in [5.74, 6) is -0.109. The average Bonchev–Trinajstić information content (AvgIpc) is 3.02. The van der Waals surface area contributed by atoms with Crippen LogP contribution in [0.4, 0.5) is 11.4 Å². The maximum Gasteiger partial charge on any atom is 0.229 e. The molecule has 1 aliphatic rings. The first kappa shape index (κ1) is 21.1. The van der Waals surface area contributed by atoms with Crippen molar-refractivity contribution >= 4 is 23.2 Å². The molecule has 1 saturated heterocycles. The van der Waals surface area contributed by atoms with Gasteiger partial charge in [0.1, 0.15) is 0 Å². The van der Waals surface area contributed by atoms with Gasteiger partial charge in [0.25, 0.3) is 0 Å². The van der Waals surface area contributed by atoms with Crippen LogP contribution in [0.2, 0.25) is 0 Å². The quantitative estimate of drug-likeness (QED) is 0.756. The third-order valence-electron chi connectivity index (χ3n) is 5.65. The third kappa shape index (κ3) is 4.36. The molecule has 2 amide bonds. The summed E-state index contributed by atoms with van der Waals surface area (Å²) < 4.78 is 0. The van der Waals surface area contributed by atoms with Crippen molar-refractivity contribution in [1.29, 1.82) is 0 Å². The van der Waals surface area contributed by atoms with Gasteiger partial charge < -0.3 is 10.2 Å². The number of amides is 2. The molecule has 4 heteroatoms. The van der Waals surface area contributed by atoms with Gasteiger partial charge in [-0.1, -0.05) is 71.0 Å². The van der Waals surface area contributed by atoms with Crippen LogP contribution in [0.3, 0.4) is 0 Å². The molecular weight excluding hydrogens is 360 g/mol. The van der Waals surface area contributed by atoms with Crippen molar-refractivity contribution in [2.45, 2.75) is 59.3 Å². The van der Waals surface area contributed by atoms with E-state index in [2.05, 4.69) is 46.0 Å². The number of para-hydroxylation sites is 2. The first-order valence-corrected chi connectivity index (χ1v) is 10.4. The van der Waals surface area contributed by atoms with E-state index in [-0.39, 0.29) is 29.6 Å². The van der Waals surface area contributed by atoms with Crippen molar-refractivity contribution < 1.29 is 9.59 Å². The Balaban J connectivity index is 1.83. The predicted molar refractivity (Wildman–Crippen MR) is 119 cm³/mol. The zero-order valence-corrected chi connectivity index (χ0v) is 18.4. The number of nitrogens with zero attached hydrogens (tertiary/aromatic N) is 1. The van der Waals surface area contributed by atoms with Crippen molar-refractivity contribution in [2.24, 2.45) is 5.92 Å². The van der Waals surface area contributed by atoms with E-state index in [0.717, 1.165) is 28.1 Å². The Hall–Kier alpha value is -2.62. The zero-order valence-electron chi connectivity index (χ0n) is 18.4. The standard InChI is InChI=1S/C25H32N2O2/c1-16(2)19-11-9-10-17(3)23(19)27-15-18(14-22(27)28)24(29)26-21-13-8-7-12-20(21)25(4,5)6/h7-13,16,18H,14-15H2,1-6H3,(H,26,29). The van der Waals surface area contributed by atoms with Gasteiger partial charge in [0.05, 0.1) is 5.92 Å². The minimum Gasteiger partial charge on any atom is -0.326 e. The van der Waals surface area contributed by atoms with Gasteiger partial charge in [0.15, 0.2) is 0 Å². The molecule has 0 radical (unpaired) electrons. The van der Waals surface area contributed by atoms with Gasteiger partial charge in [-0.05, 0) is 41.0 Å². The Bertz CT molecular complexity index is 925. The number of nitrogens with one attached hydrogen (secondary N) is 1. The first-order chi connectivity index (χ1) is 13.6. The van der Waals surface area contributed by atoms with Crippen LogP contribution in [-0.2, 0) is 15.0 Å². The van der Waals surface area contributed by atoms with Crippen LogP contribution < -0.4 is 10.2 Å². The molecule has 3 rings (SSSR count). The van der Waals surface area contributed by atoms with Crippen LogP contribution in [0.1, 0.15) is 63.6 Å². The Morgan fingerprint density at radius 1 is 1.10 bits per heavy atom. The second kappa shape index (κ2) is 8.02. The highest BCUT2D eigenvalue weighted by atomic mass is 16.2. The molecule has 1 heterocycles. The summed E-state index contributed by atoms with van der Waals surface area (Å²) in [7, 11) is 0. The highest BCUT2D eigenvalue weighted by Gasteiger charge is 2.37. The van der Waals surface area contributed by atoms with Gasteiger partial charge in [0, 0.05) is 24.3 Å². The number of hydrogen-bond acceptors (Lipinski definition) is 2. The lowest BCUT2D eigenvalue weighted by atomic mass is 9.85. The molecule has 0 spiro atoms. The van der Waals surface area contributed by atoms with E-state index in [4.69, 9.17) is 0 Å². The average molecular weight is 393 g/mol. The van der Waals surface area contributed by atoms with E-state index in [9.17, 15) is 9.59 Å². The topological polar surface area (TPSA) is 49.4 Å². The molecular formula is C25H32N2O2. The van der Waals surface area contributed by atoms with E-state index >= 15 is 0 Å². The summed E-state index contributed by atoms with van der Waals surface area (Å²) in [6.07, 6.45) is 0.245. The van der Waals surface area contributed by atoms with Crippen molar-refractivity contribution in [1.82, 2.24) is 0 Å². The minimum absolute atomic E-state index is 0.0189. The van der Waals surface area contributed by atoms with Crippen molar-refractivity contribution in [3.05, 3.63) is 59.2 Å². The van der Waals surface area contributed by atoms with Crippen LogP contribution in [0.15, 0.2) is 42.5 Å². The zero-order chi connectivity index (χ0) is 21.3. The second-order valence-electron chi connectivity index (χ2n) is 9.36. The lowest BCUT2D eigenvalue weighted by Crippen LogP contribution is -2.30. The van der Waals surface area contributed by atoms with Crippen molar-refractivity contribution in [2.75, 3.05) is 16.8 Å². The number of aryl methyl sites for hydroxylation is 1. The van der Waals surface area contributed by atoms with Crippen molar-refractivity contribution in [3.63, 3.8) is 0 Å². The number of hydrogen-bond donors (Lipinski definition) is 1. The summed E-state index contributed by atoms with van der Waals surface area (Å²) in [6.45, 7) is 13.1. The summed E-state index contributed by atoms with van der Waals surface area (Å²) >= 11 is 0. The fourth-order valence-electron chi connectivity index (χ4n) is 4.10. The maximum atomic E-state index is 13.0. The Labute approximate surface area is 174 Å². The predicted octanol–water partition coefficient (Wildman–Crippen LogP) is 5.41. The lowest BCUT2D eigenvalue weighted by Gasteiger charge is -2.25. The summed E-state index contributed by atoms with van der Waals surface area (Å²) in [5.41, 5.74) is 5.04. The number of carbonyl (C=O) groups is 2. The molecule has 0 aliphatic carbocycles. The van der Waals surface area contributed by atoms with Crippen LogP contribution in [0.5, 0.6) is 0 Å². The van der Waals surface area contributed by atoms with E-state index < -0.39 is 0 Å². The van der Waals surface area contributed by atoms with E-state index in [1.54, 1.807) is 0 Å². The fourth-order valence-corrected chi connectivity index (χ4v) is 4.10. The van der Waals surface area contributed by atoms with Crippen LogP contribution in [0.25, 0.3) is 0 Å². The molecule has 2 aromatic rings. The summed E-state index contributed by atoms with van der Waals surface area (Å²) in [6, 6.07) is 14.0. The fraction of sp³-hybridized carbons (Fsp3) is 0.440. The molecule has 154 valence electrons. The van der Waals surface area contributed by atoms with Gasteiger partial charge >= 0.3 is 0 Å². The van der Waals surface area contributed by atoms with E-state index in [1.807, 2.05) is 48.2 Å². The smallest absolute Gasteiger partial charge is 0.229 e. The third-order valence-corrected chi connectivity index (χ3v) is 5.65. The van der Waals surface area contributed by atoms with Gasteiger partial charge in [-0.3, -0.25) is 9.59 Å². The monoisotopic (exact) mass is 392 g/mol. The number of carbonyl (C=O) groups excluding carboxylic acids is 2. The maximum absolute atomic E-state index is 13.0. The molecule has 1 atom stereocenters. The molecule has 29 heavy (non-hydrogen) atoms. The highest BCUT2D eigenvalue weighted by Crippen LogP contribution is 2.36. The number of benzene rings is 2. The normalized spacial score (nSPS) is 17.1. The largest absolute Gasteiger partial charge is 0.326 e. The second-order valence-corrected chi connectivity index (χ2v) is 9.36. The minimum atomic E-state index is -0.352. The number of anilines is 2. The Morgan fingerprint density at radius 2 is 1.79 bits per heavy atom. The number of rotatable bonds is 4.